The van der Waals surface area contributed by atoms with Gasteiger partial charge in [-0.15, -0.1) is 0 Å². The monoisotopic (exact) mass is 367 g/mol. The third kappa shape index (κ3) is 3.86. The van der Waals surface area contributed by atoms with Crippen LogP contribution in [0.25, 0.3) is 5.69 Å². The highest BCUT2D eigenvalue weighted by Crippen LogP contribution is 2.28. The summed E-state index contributed by atoms with van der Waals surface area (Å²) in [5, 5.41) is 7.23. The molecule has 1 aliphatic carbocycles. The second kappa shape index (κ2) is 7.90. The summed E-state index contributed by atoms with van der Waals surface area (Å²) < 4.78 is 1.70. The maximum absolute atomic E-state index is 12.8. The zero-order valence-electron chi connectivity index (χ0n) is 15.4. The van der Waals surface area contributed by atoms with Gasteiger partial charge in [-0.1, -0.05) is 31.0 Å². The standard InChI is InChI=1S/C20H25N5O2/c26-19-10-9-16(12-24(19)17-6-2-3-7-17)20(27)22-11-15-5-1-4-8-18(15)25-14-21-13-23-25/h1,4-5,8,13-14,16-17H,2-3,6-7,9-12H2,(H,22,27)/t16-/m0/s1. The number of aromatic nitrogens is 3. The summed E-state index contributed by atoms with van der Waals surface area (Å²) in [6, 6.07) is 8.16. The van der Waals surface area contributed by atoms with E-state index in [0.717, 1.165) is 24.1 Å². The van der Waals surface area contributed by atoms with Gasteiger partial charge in [0, 0.05) is 25.6 Å². The molecule has 2 amide bonds. The van der Waals surface area contributed by atoms with Crippen molar-refractivity contribution in [3.05, 3.63) is 42.5 Å². The van der Waals surface area contributed by atoms with Gasteiger partial charge in [-0.25, -0.2) is 9.67 Å². The number of piperidine rings is 1. The van der Waals surface area contributed by atoms with E-state index in [9.17, 15) is 9.59 Å². The fourth-order valence-electron chi connectivity index (χ4n) is 4.20. The van der Waals surface area contributed by atoms with Crippen LogP contribution in [-0.4, -0.2) is 44.1 Å². The van der Waals surface area contributed by atoms with Crippen LogP contribution in [0.3, 0.4) is 0 Å². The number of carbonyl (C=O) groups excluding carboxylic acids is 2. The molecule has 7 heteroatoms. The van der Waals surface area contributed by atoms with Crippen LogP contribution in [0.2, 0.25) is 0 Å². The predicted octanol–water partition coefficient (Wildman–Crippen LogP) is 2.06. The Morgan fingerprint density at radius 1 is 1.19 bits per heavy atom. The molecule has 2 heterocycles. The lowest BCUT2D eigenvalue weighted by atomic mass is 9.94. The number of hydrogen-bond donors (Lipinski definition) is 1. The van der Waals surface area contributed by atoms with Gasteiger partial charge in [0.1, 0.15) is 12.7 Å². The Labute approximate surface area is 158 Å². The quantitative estimate of drug-likeness (QED) is 0.877. The summed E-state index contributed by atoms with van der Waals surface area (Å²) in [6.07, 6.45) is 8.77. The van der Waals surface area contributed by atoms with Gasteiger partial charge in [-0.05, 0) is 30.9 Å². The Kier molecular flexibility index (Phi) is 5.18. The molecule has 1 saturated heterocycles. The molecule has 1 N–H and O–H groups in total. The lowest BCUT2D eigenvalue weighted by Gasteiger charge is -2.36. The Morgan fingerprint density at radius 2 is 2.00 bits per heavy atom. The fraction of sp³-hybridized carbons (Fsp3) is 0.500. The SMILES string of the molecule is O=C(NCc1ccccc1-n1cncn1)[C@H]1CCC(=O)N(C2CCCC2)C1. The van der Waals surface area contributed by atoms with Gasteiger partial charge in [0.25, 0.3) is 0 Å². The van der Waals surface area contributed by atoms with Gasteiger partial charge in [0.15, 0.2) is 0 Å². The molecule has 0 bridgehead atoms. The molecule has 1 atom stereocenters. The molecular weight excluding hydrogens is 342 g/mol. The molecule has 0 spiro atoms. The Bertz CT molecular complexity index is 798. The molecule has 1 saturated carbocycles. The van der Waals surface area contributed by atoms with Crippen molar-refractivity contribution in [1.29, 1.82) is 0 Å². The molecule has 7 nitrogen and oxygen atoms in total. The maximum Gasteiger partial charge on any atom is 0.225 e. The van der Waals surface area contributed by atoms with E-state index in [2.05, 4.69) is 15.4 Å². The molecule has 27 heavy (non-hydrogen) atoms. The van der Waals surface area contributed by atoms with Crippen molar-refractivity contribution in [3.63, 3.8) is 0 Å². The first-order valence-electron chi connectivity index (χ1n) is 9.72. The zero-order chi connectivity index (χ0) is 18.6. The minimum Gasteiger partial charge on any atom is -0.352 e. The molecule has 0 radical (unpaired) electrons. The summed E-state index contributed by atoms with van der Waals surface area (Å²) >= 11 is 0. The van der Waals surface area contributed by atoms with Crippen LogP contribution < -0.4 is 5.32 Å². The Hall–Kier alpha value is -2.70. The van der Waals surface area contributed by atoms with E-state index in [4.69, 9.17) is 0 Å². The number of benzene rings is 1. The second-order valence-electron chi connectivity index (χ2n) is 7.41. The number of likely N-dealkylation sites (tertiary alicyclic amines) is 1. The first-order valence-corrected chi connectivity index (χ1v) is 9.72. The lowest BCUT2D eigenvalue weighted by molar-refractivity contribution is -0.140. The van der Waals surface area contributed by atoms with Crippen molar-refractivity contribution in [2.75, 3.05) is 6.54 Å². The Morgan fingerprint density at radius 3 is 2.78 bits per heavy atom. The van der Waals surface area contributed by atoms with Gasteiger partial charge in [0.05, 0.1) is 11.6 Å². The van der Waals surface area contributed by atoms with E-state index in [-0.39, 0.29) is 17.7 Å². The summed E-state index contributed by atoms with van der Waals surface area (Å²) in [4.78, 5) is 31.0. The molecule has 4 rings (SSSR count). The van der Waals surface area contributed by atoms with Gasteiger partial charge in [0.2, 0.25) is 11.8 Å². The highest BCUT2D eigenvalue weighted by Gasteiger charge is 2.35. The average Bonchev–Trinajstić information content (AvgIpc) is 3.40. The van der Waals surface area contributed by atoms with Crippen molar-refractivity contribution in [1.82, 2.24) is 25.0 Å². The van der Waals surface area contributed by atoms with Gasteiger partial charge in [-0.2, -0.15) is 5.10 Å². The van der Waals surface area contributed by atoms with Crippen LogP contribution in [0.1, 0.15) is 44.1 Å². The number of hydrogen-bond acceptors (Lipinski definition) is 4. The number of amides is 2. The van der Waals surface area contributed by atoms with Crippen LogP contribution in [0.15, 0.2) is 36.9 Å². The molecule has 1 aromatic heterocycles. The number of carbonyl (C=O) groups is 2. The topological polar surface area (TPSA) is 80.1 Å². The van der Waals surface area contributed by atoms with Crippen LogP contribution in [-0.2, 0) is 16.1 Å². The van der Waals surface area contributed by atoms with Crippen molar-refractivity contribution in [2.45, 2.75) is 51.1 Å². The fourth-order valence-corrected chi connectivity index (χ4v) is 4.20. The van der Waals surface area contributed by atoms with Crippen molar-refractivity contribution < 1.29 is 9.59 Å². The minimum atomic E-state index is -0.123. The molecule has 2 aromatic rings. The number of nitrogens with zero attached hydrogens (tertiary/aromatic N) is 4. The van der Waals surface area contributed by atoms with Gasteiger partial charge >= 0.3 is 0 Å². The van der Waals surface area contributed by atoms with E-state index in [1.807, 2.05) is 29.2 Å². The number of para-hydroxylation sites is 1. The predicted molar refractivity (Wildman–Crippen MR) is 99.9 cm³/mol. The number of nitrogens with one attached hydrogen (secondary N) is 1. The third-order valence-electron chi connectivity index (χ3n) is 5.69. The van der Waals surface area contributed by atoms with Crippen molar-refractivity contribution in [3.8, 4) is 5.69 Å². The zero-order valence-corrected chi connectivity index (χ0v) is 15.4. The normalized spacial score (nSPS) is 20.8. The largest absolute Gasteiger partial charge is 0.352 e. The summed E-state index contributed by atoms with van der Waals surface area (Å²) in [5.41, 5.74) is 1.89. The number of rotatable bonds is 5. The molecule has 1 aliphatic heterocycles. The second-order valence-corrected chi connectivity index (χ2v) is 7.41. The summed E-state index contributed by atoms with van der Waals surface area (Å²) in [6.45, 7) is 0.989. The first-order chi connectivity index (χ1) is 13.2. The van der Waals surface area contributed by atoms with Crippen LogP contribution >= 0.6 is 0 Å². The van der Waals surface area contributed by atoms with Crippen molar-refractivity contribution in [2.24, 2.45) is 5.92 Å². The molecule has 2 aliphatic rings. The molecule has 2 fully saturated rings. The molecule has 142 valence electrons. The smallest absolute Gasteiger partial charge is 0.225 e. The van der Waals surface area contributed by atoms with E-state index in [0.29, 0.717) is 32.0 Å². The lowest BCUT2D eigenvalue weighted by Crippen LogP contribution is -2.49. The van der Waals surface area contributed by atoms with Crippen LogP contribution in [0, 0.1) is 5.92 Å². The first kappa shape index (κ1) is 17.7. The summed E-state index contributed by atoms with van der Waals surface area (Å²) in [5.74, 6) is 0.114. The maximum atomic E-state index is 12.8. The van der Waals surface area contributed by atoms with E-state index >= 15 is 0 Å². The minimum absolute atomic E-state index is 0.0268. The summed E-state index contributed by atoms with van der Waals surface area (Å²) in [7, 11) is 0. The third-order valence-corrected chi connectivity index (χ3v) is 5.69. The van der Waals surface area contributed by atoms with Gasteiger partial charge < -0.3 is 10.2 Å². The van der Waals surface area contributed by atoms with Crippen molar-refractivity contribution >= 4 is 11.8 Å². The van der Waals surface area contributed by atoms with Crippen LogP contribution in [0.5, 0.6) is 0 Å². The van der Waals surface area contributed by atoms with Gasteiger partial charge in [-0.3, -0.25) is 9.59 Å². The molecule has 1 aromatic carbocycles. The Balaban J connectivity index is 1.39. The molecular formula is C20H25N5O2. The van der Waals surface area contributed by atoms with E-state index < -0.39 is 0 Å². The van der Waals surface area contributed by atoms with E-state index in [1.54, 1.807) is 11.0 Å². The average molecular weight is 367 g/mol. The highest BCUT2D eigenvalue weighted by atomic mass is 16.2. The highest BCUT2D eigenvalue weighted by molar-refractivity contribution is 5.84. The van der Waals surface area contributed by atoms with Crippen LogP contribution in [0.4, 0.5) is 0 Å². The van der Waals surface area contributed by atoms with E-state index in [1.165, 1.54) is 19.2 Å². The molecule has 0 unspecified atom stereocenters.